The van der Waals surface area contributed by atoms with E-state index in [1.54, 1.807) is 34.7 Å². The van der Waals surface area contributed by atoms with Crippen molar-refractivity contribution in [3.63, 3.8) is 0 Å². The Kier molecular flexibility index (Phi) is 7.16. The van der Waals surface area contributed by atoms with Crippen LogP contribution < -0.4 is 4.74 Å². The minimum atomic E-state index is -2.70. The molecule has 178 valence electrons. The molecule has 0 saturated carbocycles. The molecular formula is C24H22F3N3O3S. The van der Waals surface area contributed by atoms with Crippen molar-refractivity contribution >= 4 is 16.7 Å². The van der Waals surface area contributed by atoms with E-state index in [0.717, 1.165) is 11.6 Å². The van der Waals surface area contributed by atoms with Crippen molar-refractivity contribution in [2.45, 2.75) is 25.4 Å². The zero-order chi connectivity index (χ0) is 24.2. The highest BCUT2D eigenvalue weighted by atomic mass is 32.2. The largest absolute Gasteiger partial charge is 0.481 e. The van der Waals surface area contributed by atoms with Crippen molar-refractivity contribution in [3.8, 4) is 11.6 Å². The van der Waals surface area contributed by atoms with Crippen LogP contribution >= 0.6 is 0 Å². The summed E-state index contributed by atoms with van der Waals surface area (Å²) in [6.45, 7) is 0.199. The van der Waals surface area contributed by atoms with E-state index in [1.807, 2.05) is 0 Å². The molecule has 34 heavy (non-hydrogen) atoms. The van der Waals surface area contributed by atoms with Crippen molar-refractivity contribution in [1.82, 2.24) is 14.5 Å². The molecular weight excluding hydrogens is 467 g/mol. The first-order chi connectivity index (χ1) is 16.4. The van der Waals surface area contributed by atoms with Gasteiger partial charge in [-0.25, -0.2) is 18.2 Å². The summed E-state index contributed by atoms with van der Waals surface area (Å²) in [4.78, 5) is 18.9. The Morgan fingerprint density at radius 2 is 2.12 bits per heavy atom. The lowest BCUT2D eigenvalue weighted by atomic mass is 10.1. The second-order valence-electron chi connectivity index (χ2n) is 7.73. The van der Waals surface area contributed by atoms with E-state index in [-0.39, 0.29) is 41.6 Å². The van der Waals surface area contributed by atoms with Gasteiger partial charge in [0.05, 0.1) is 31.0 Å². The molecule has 2 aromatic heterocycles. The highest BCUT2D eigenvalue weighted by Gasteiger charge is 2.27. The quantitative estimate of drug-likeness (QED) is 0.477. The first-order valence-corrected chi connectivity index (χ1v) is 11.8. The lowest BCUT2D eigenvalue weighted by Gasteiger charge is -2.28. The monoisotopic (exact) mass is 489 g/mol. The fraction of sp³-hybridized carbons (Fsp3) is 0.250. The van der Waals surface area contributed by atoms with Crippen LogP contribution in [0.3, 0.4) is 0 Å². The molecule has 0 bridgehead atoms. The number of halogens is 3. The average Bonchev–Trinajstić information content (AvgIpc) is 3.48. The number of pyridine rings is 1. The first-order valence-electron chi connectivity index (χ1n) is 10.4. The molecule has 1 amide bonds. The summed E-state index contributed by atoms with van der Waals surface area (Å²) in [5, 5.41) is 1.55. The molecule has 6 nitrogen and oxygen atoms in total. The zero-order valence-electron chi connectivity index (χ0n) is 18.2. The van der Waals surface area contributed by atoms with Crippen molar-refractivity contribution in [3.05, 3.63) is 89.0 Å². The molecule has 0 spiro atoms. The number of alkyl halides is 2. The maximum atomic E-state index is 14.9. The van der Waals surface area contributed by atoms with Gasteiger partial charge in [-0.3, -0.25) is 9.00 Å². The molecule has 1 aliphatic heterocycles. The predicted octanol–water partition coefficient (Wildman–Crippen LogP) is 4.17. The highest BCUT2D eigenvalue weighted by molar-refractivity contribution is 7.88. The van der Waals surface area contributed by atoms with E-state index < -0.39 is 29.1 Å². The van der Waals surface area contributed by atoms with Crippen molar-refractivity contribution in [2.24, 2.45) is 0 Å². The summed E-state index contributed by atoms with van der Waals surface area (Å²) in [6.07, 6.45) is 1.76. The minimum absolute atomic E-state index is 0.139. The molecule has 0 radical (unpaired) electrons. The number of hydrogen-bond donors (Lipinski definition) is 0. The second-order valence-corrected chi connectivity index (χ2v) is 9.09. The Morgan fingerprint density at radius 1 is 1.29 bits per heavy atom. The third-order valence-corrected chi connectivity index (χ3v) is 6.66. The van der Waals surface area contributed by atoms with Crippen LogP contribution in [0.25, 0.3) is 5.69 Å². The second kappa shape index (κ2) is 10.3. The standard InChI is InChI=1S/C24H22F3N3O3S/c1-33-22-11-16(6-8-28-22)14-30(19-7-10-34(32)15-19)23(31)12-17-4-5-18(13-20(17)25)29-9-2-3-21(29)24(26)27/h2-11,13,19,24H,12,14-15H2,1H3. The normalized spacial score (nSPS) is 17.3. The molecule has 1 aromatic carbocycles. The van der Waals surface area contributed by atoms with Crippen molar-refractivity contribution < 1.29 is 26.9 Å². The molecule has 2 atom stereocenters. The molecule has 3 heterocycles. The summed E-state index contributed by atoms with van der Waals surface area (Å²) < 4.78 is 59.5. The van der Waals surface area contributed by atoms with Crippen LogP contribution in [0.15, 0.2) is 66.3 Å². The molecule has 1 aliphatic rings. The van der Waals surface area contributed by atoms with Crippen LogP contribution in [0.1, 0.15) is 23.2 Å². The summed E-state index contributed by atoms with van der Waals surface area (Å²) >= 11 is 0. The Morgan fingerprint density at radius 3 is 2.79 bits per heavy atom. The van der Waals surface area contributed by atoms with Crippen molar-refractivity contribution in [1.29, 1.82) is 0 Å². The smallest absolute Gasteiger partial charge is 0.278 e. The van der Waals surface area contributed by atoms with E-state index in [0.29, 0.717) is 5.88 Å². The summed E-state index contributed by atoms with van der Waals surface area (Å²) in [6, 6.07) is 9.83. The number of benzene rings is 1. The number of hydrogen-bond acceptors (Lipinski definition) is 4. The third kappa shape index (κ3) is 5.22. The first kappa shape index (κ1) is 23.7. The summed E-state index contributed by atoms with van der Waals surface area (Å²) in [5.74, 6) is -0.370. The van der Waals surface area contributed by atoms with E-state index in [4.69, 9.17) is 4.74 Å². The van der Waals surface area contributed by atoms with Crippen LogP contribution in [0.2, 0.25) is 0 Å². The van der Waals surface area contributed by atoms with E-state index in [9.17, 15) is 22.2 Å². The number of nitrogens with zero attached hydrogens (tertiary/aromatic N) is 3. The van der Waals surface area contributed by atoms with Gasteiger partial charge in [-0.15, -0.1) is 0 Å². The Hall–Kier alpha value is -3.40. The van der Waals surface area contributed by atoms with Gasteiger partial charge < -0.3 is 14.2 Å². The van der Waals surface area contributed by atoms with Gasteiger partial charge in [-0.1, -0.05) is 12.1 Å². The minimum Gasteiger partial charge on any atom is -0.481 e. The van der Waals surface area contributed by atoms with Gasteiger partial charge in [0.25, 0.3) is 6.43 Å². The van der Waals surface area contributed by atoms with Gasteiger partial charge in [0.15, 0.2) is 0 Å². The number of carbonyl (C=O) groups excluding carboxylic acids is 1. The third-order valence-electron chi connectivity index (χ3n) is 5.53. The zero-order valence-corrected chi connectivity index (χ0v) is 19.1. The van der Waals surface area contributed by atoms with Crippen LogP contribution in [0, 0.1) is 5.82 Å². The number of aromatic nitrogens is 2. The van der Waals surface area contributed by atoms with Gasteiger partial charge in [-0.05, 0) is 41.5 Å². The molecule has 4 rings (SSSR count). The number of methoxy groups -OCH3 is 1. The number of amides is 1. The maximum absolute atomic E-state index is 14.9. The molecule has 0 saturated heterocycles. The van der Waals surface area contributed by atoms with E-state index in [2.05, 4.69) is 4.98 Å². The maximum Gasteiger partial charge on any atom is 0.278 e. The SMILES string of the molecule is COc1cc(CN(C(=O)Cc2ccc(-n3cccc3C(F)F)cc2F)C2C=CS(=O)C2)ccn1. The van der Waals surface area contributed by atoms with E-state index >= 15 is 0 Å². The molecule has 10 heteroatoms. The lowest BCUT2D eigenvalue weighted by Crippen LogP contribution is -2.41. The molecule has 0 N–H and O–H groups in total. The topological polar surface area (TPSA) is 64.4 Å². The van der Waals surface area contributed by atoms with Gasteiger partial charge in [0.2, 0.25) is 11.8 Å². The summed E-state index contributed by atoms with van der Waals surface area (Å²) in [5.41, 5.74) is 0.890. The Balaban J connectivity index is 1.56. The predicted molar refractivity (Wildman–Crippen MR) is 122 cm³/mol. The van der Waals surface area contributed by atoms with Crippen LogP contribution in [-0.2, 0) is 28.6 Å². The molecule has 0 aliphatic carbocycles. The van der Waals surface area contributed by atoms with Gasteiger partial charge >= 0.3 is 0 Å². The fourth-order valence-electron chi connectivity index (χ4n) is 3.80. The fourth-order valence-corrected chi connectivity index (χ4v) is 4.90. The number of rotatable bonds is 8. The van der Waals surface area contributed by atoms with Gasteiger partial charge in [0, 0.05) is 46.9 Å². The van der Waals surface area contributed by atoms with Gasteiger partial charge in [-0.2, -0.15) is 0 Å². The molecule has 0 fully saturated rings. The number of carbonyl (C=O) groups is 1. The lowest BCUT2D eigenvalue weighted by molar-refractivity contribution is -0.132. The molecule has 3 aromatic rings. The van der Waals surface area contributed by atoms with Gasteiger partial charge in [0.1, 0.15) is 5.82 Å². The van der Waals surface area contributed by atoms with Crippen LogP contribution in [0.5, 0.6) is 5.88 Å². The summed E-state index contributed by atoms with van der Waals surface area (Å²) in [7, 11) is 0.307. The highest BCUT2D eigenvalue weighted by Crippen LogP contribution is 2.25. The van der Waals surface area contributed by atoms with Crippen LogP contribution in [0.4, 0.5) is 13.2 Å². The van der Waals surface area contributed by atoms with Crippen molar-refractivity contribution in [2.75, 3.05) is 12.9 Å². The number of ether oxygens (including phenoxy) is 1. The van der Waals surface area contributed by atoms with E-state index in [1.165, 1.54) is 42.1 Å². The average molecular weight is 490 g/mol. The Labute approximate surface area is 197 Å². The molecule has 2 unspecified atom stereocenters. The Bertz CT molecular complexity index is 1240. The van der Waals surface area contributed by atoms with Crippen LogP contribution in [-0.4, -0.2) is 43.5 Å².